The van der Waals surface area contributed by atoms with Crippen molar-refractivity contribution in [2.24, 2.45) is 5.73 Å². The van der Waals surface area contributed by atoms with Crippen LogP contribution in [0.1, 0.15) is 12.0 Å². The highest BCUT2D eigenvalue weighted by Gasteiger charge is 2.29. The zero-order chi connectivity index (χ0) is 12.4. The second kappa shape index (κ2) is 5.79. The number of nitrogens with zero attached hydrogens (tertiary/aromatic N) is 2. The van der Waals surface area contributed by atoms with Gasteiger partial charge in [-0.2, -0.15) is 0 Å². The van der Waals surface area contributed by atoms with E-state index in [0.717, 1.165) is 0 Å². The van der Waals surface area contributed by atoms with Crippen LogP contribution in [0.15, 0.2) is 18.2 Å². The molecule has 6 nitrogen and oxygen atoms in total. The summed E-state index contributed by atoms with van der Waals surface area (Å²) in [7, 11) is 0. The van der Waals surface area contributed by atoms with E-state index < -0.39 is 4.92 Å². The zero-order valence-electron chi connectivity index (χ0n) is 9.67. The first-order chi connectivity index (χ1) is 8.15. The van der Waals surface area contributed by atoms with Gasteiger partial charge in [-0.3, -0.25) is 14.9 Å². The minimum atomic E-state index is -0.407. The van der Waals surface area contributed by atoms with Gasteiger partial charge in [0.05, 0.1) is 16.2 Å². The molecule has 0 saturated heterocycles. The fraction of sp³-hybridized carbons (Fsp3) is 0.364. The van der Waals surface area contributed by atoms with Crippen molar-refractivity contribution in [2.45, 2.75) is 12.8 Å². The van der Waals surface area contributed by atoms with Crippen molar-refractivity contribution in [3.05, 3.63) is 33.9 Å². The van der Waals surface area contributed by atoms with Crippen molar-refractivity contribution in [2.75, 3.05) is 18.0 Å². The second-order valence-electron chi connectivity index (χ2n) is 3.87. The molecule has 1 aromatic carbocycles. The summed E-state index contributed by atoms with van der Waals surface area (Å²) in [5.74, 6) is -0.0771. The van der Waals surface area contributed by atoms with Crippen LogP contribution in [0.2, 0.25) is 0 Å². The smallest absolute Gasteiger partial charge is 0.274 e. The van der Waals surface area contributed by atoms with E-state index in [9.17, 15) is 14.9 Å². The van der Waals surface area contributed by atoms with Crippen LogP contribution in [0, 0.1) is 10.1 Å². The van der Waals surface area contributed by atoms with Gasteiger partial charge in [0.1, 0.15) is 0 Å². The Bertz CT molecular complexity index is 479. The Kier molecular flexibility index (Phi) is 4.63. The fourth-order valence-electron chi connectivity index (χ4n) is 2.10. The molecule has 0 radical (unpaired) electrons. The molecule has 7 heteroatoms. The van der Waals surface area contributed by atoms with E-state index in [1.165, 1.54) is 6.07 Å². The number of fused-ring (bicyclic) bond motifs is 1. The number of carbonyl (C=O) groups is 1. The van der Waals surface area contributed by atoms with Gasteiger partial charge in [0.25, 0.3) is 5.69 Å². The Morgan fingerprint density at radius 2 is 2.22 bits per heavy atom. The van der Waals surface area contributed by atoms with E-state index in [1.807, 2.05) is 0 Å². The molecule has 1 aliphatic rings. The maximum absolute atomic E-state index is 11.8. The van der Waals surface area contributed by atoms with E-state index in [4.69, 9.17) is 5.73 Å². The first-order valence-electron chi connectivity index (χ1n) is 5.42. The summed E-state index contributed by atoms with van der Waals surface area (Å²) < 4.78 is 0. The molecule has 0 spiro atoms. The van der Waals surface area contributed by atoms with Crippen LogP contribution in [0.4, 0.5) is 11.4 Å². The number of carbonyl (C=O) groups excluding carboxylic acids is 1. The normalized spacial score (nSPS) is 12.8. The topological polar surface area (TPSA) is 89.5 Å². The summed E-state index contributed by atoms with van der Waals surface area (Å²) in [5.41, 5.74) is 6.72. The molecule has 0 saturated carbocycles. The molecule has 0 unspecified atom stereocenters. The Balaban J connectivity index is 0.00000162. The monoisotopic (exact) mass is 271 g/mol. The maximum Gasteiger partial charge on any atom is 0.274 e. The second-order valence-corrected chi connectivity index (χ2v) is 3.87. The molecular weight excluding hydrogens is 258 g/mol. The van der Waals surface area contributed by atoms with Gasteiger partial charge in [-0.15, -0.1) is 12.4 Å². The Labute approximate surface area is 110 Å². The molecule has 2 rings (SSSR count). The van der Waals surface area contributed by atoms with E-state index in [1.54, 1.807) is 17.0 Å². The predicted molar refractivity (Wildman–Crippen MR) is 70.1 cm³/mol. The molecule has 0 fully saturated rings. The van der Waals surface area contributed by atoms with Crippen LogP contribution < -0.4 is 10.6 Å². The van der Waals surface area contributed by atoms with Crippen LogP contribution in [0.25, 0.3) is 0 Å². The number of hydrogen-bond donors (Lipinski definition) is 1. The van der Waals surface area contributed by atoms with Gasteiger partial charge in [-0.05, 0) is 12.5 Å². The third kappa shape index (κ3) is 2.44. The van der Waals surface area contributed by atoms with Crippen LogP contribution in [-0.4, -0.2) is 23.9 Å². The molecule has 2 N–H and O–H groups in total. The molecule has 1 aromatic rings. The Morgan fingerprint density at radius 3 is 2.83 bits per heavy atom. The SMILES string of the molecule is Cl.NCCC(=O)N1CCc2c1cccc2[N+](=O)[O-]. The van der Waals surface area contributed by atoms with E-state index >= 15 is 0 Å². The molecule has 98 valence electrons. The first kappa shape index (κ1) is 14.4. The number of benzene rings is 1. The third-order valence-corrected chi connectivity index (χ3v) is 2.86. The van der Waals surface area contributed by atoms with Gasteiger partial charge in [0.15, 0.2) is 0 Å². The predicted octanol–water partition coefficient (Wildman–Crippen LogP) is 1.25. The van der Waals surface area contributed by atoms with E-state index in [-0.39, 0.29) is 30.4 Å². The molecule has 0 bridgehead atoms. The Hall–Kier alpha value is -1.66. The quantitative estimate of drug-likeness (QED) is 0.662. The summed E-state index contributed by atoms with van der Waals surface area (Å²) >= 11 is 0. The van der Waals surface area contributed by atoms with Crippen molar-refractivity contribution >= 4 is 29.7 Å². The number of nitrogens with two attached hydrogens (primary N) is 1. The highest BCUT2D eigenvalue weighted by atomic mass is 35.5. The molecule has 1 heterocycles. The highest BCUT2D eigenvalue weighted by molar-refractivity contribution is 5.96. The molecule has 0 atom stereocenters. The number of rotatable bonds is 3. The minimum Gasteiger partial charge on any atom is -0.330 e. The minimum absolute atomic E-state index is 0. The third-order valence-electron chi connectivity index (χ3n) is 2.86. The van der Waals surface area contributed by atoms with E-state index in [0.29, 0.717) is 30.8 Å². The molecule has 1 amide bonds. The van der Waals surface area contributed by atoms with Gasteiger partial charge in [0.2, 0.25) is 5.91 Å². The van der Waals surface area contributed by atoms with Gasteiger partial charge in [-0.25, -0.2) is 0 Å². The average Bonchev–Trinajstić information content (AvgIpc) is 2.72. The zero-order valence-corrected chi connectivity index (χ0v) is 10.5. The van der Waals surface area contributed by atoms with Crippen molar-refractivity contribution in [1.82, 2.24) is 0 Å². The average molecular weight is 272 g/mol. The summed E-state index contributed by atoms with van der Waals surface area (Å²) in [6, 6.07) is 4.81. The van der Waals surface area contributed by atoms with Crippen LogP contribution >= 0.6 is 12.4 Å². The van der Waals surface area contributed by atoms with Gasteiger partial charge < -0.3 is 10.6 Å². The number of halogens is 1. The largest absolute Gasteiger partial charge is 0.330 e. The van der Waals surface area contributed by atoms with Gasteiger partial charge >= 0.3 is 0 Å². The standard InChI is InChI=1S/C11H13N3O3.ClH/c12-6-4-11(15)13-7-5-8-9(13)2-1-3-10(8)14(16)17;/h1-3H,4-7,12H2;1H. The van der Waals surface area contributed by atoms with Gasteiger partial charge in [-0.1, -0.05) is 6.07 Å². The van der Waals surface area contributed by atoms with E-state index in [2.05, 4.69) is 0 Å². The molecule has 18 heavy (non-hydrogen) atoms. The van der Waals surface area contributed by atoms with Crippen molar-refractivity contribution in [3.63, 3.8) is 0 Å². The highest BCUT2D eigenvalue weighted by Crippen LogP contribution is 2.34. The van der Waals surface area contributed by atoms with Gasteiger partial charge in [0, 0.05) is 25.6 Å². The summed E-state index contributed by atoms with van der Waals surface area (Å²) in [5, 5.41) is 10.8. The number of nitro benzene ring substituents is 1. The first-order valence-corrected chi connectivity index (χ1v) is 5.42. The lowest BCUT2D eigenvalue weighted by Gasteiger charge is -2.16. The molecular formula is C11H14ClN3O3. The summed E-state index contributed by atoms with van der Waals surface area (Å²) in [6.45, 7) is 0.790. The number of hydrogen-bond acceptors (Lipinski definition) is 4. The molecule has 0 aliphatic carbocycles. The molecule has 0 aromatic heterocycles. The van der Waals surface area contributed by atoms with Crippen LogP contribution in [-0.2, 0) is 11.2 Å². The number of nitro groups is 1. The number of amides is 1. The van der Waals surface area contributed by atoms with Crippen molar-refractivity contribution < 1.29 is 9.72 Å². The van der Waals surface area contributed by atoms with Crippen molar-refractivity contribution in [1.29, 1.82) is 0 Å². The molecule has 1 aliphatic heterocycles. The lowest BCUT2D eigenvalue weighted by molar-refractivity contribution is -0.385. The summed E-state index contributed by atoms with van der Waals surface area (Å²) in [4.78, 5) is 23.8. The van der Waals surface area contributed by atoms with Crippen LogP contribution in [0.5, 0.6) is 0 Å². The number of anilines is 1. The lowest BCUT2D eigenvalue weighted by Crippen LogP contribution is -2.30. The summed E-state index contributed by atoms with van der Waals surface area (Å²) in [6.07, 6.45) is 0.797. The maximum atomic E-state index is 11.8. The lowest BCUT2D eigenvalue weighted by atomic mass is 10.1. The van der Waals surface area contributed by atoms with Crippen LogP contribution in [0.3, 0.4) is 0 Å². The van der Waals surface area contributed by atoms with Crippen molar-refractivity contribution in [3.8, 4) is 0 Å². The fourth-order valence-corrected chi connectivity index (χ4v) is 2.10. The Morgan fingerprint density at radius 1 is 1.50 bits per heavy atom.